The molecule has 0 amide bonds. The Hall–Kier alpha value is -1.41. The molecule has 0 heterocycles. The van der Waals surface area contributed by atoms with Crippen LogP contribution in [0, 0.1) is 0 Å². The fraction of sp³-hybridized carbons (Fsp3) is 0.417. The Morgan fingerprint density at radius 1 is 1.15 bits per heavy atom. The van der Waals surface area contributed by atoms with Crippen LogP contribution in [0.4, 0.5) is 18.9 Å². The highest BCUT2D eigenvalue weighted by Crippen LogP contribution is 2.33. The van der Waals surface area contributed by atoms with Crippen LogP contribution in [0.25, 0.3) is 0 Å². The number of quaternary nitrogens is 1. The Kier molecular flexibility index (Phi) is 7.26. The molecule has 0 saturated heterocycles. The second-order valence-electron chi connectivity index (χ2n) is 5.79. The van der Waals surface area contributed by atoms with Crippen LogP contribution in [0.2, 0.25) is 5.02 Å². The van der Waals surface area contributed by atoms with Gasteiger partial charge in [-0.2, -0.15) is 13.2 Å². The molecule has 0 aliphatic rings. The third-order valence-corrected chi connectivity index (χ3v) is 4.69. The van der Waals surface area contributed by atoms with E-state index in [9.17, 15) is 26.4 Å². The largest absolute Gasteiger partial charge is 0.741 e. The highest BCUT2D eigenvalue weighted by molar-refractivity contribution is 7.90. The molecule has 26 heavy (non-hydrogen) atoms. The van der Waals surface area contributed by atoms with E-state index in [1.54, 1.807) is 21.1 Å². The van der Waals surface area contributed by atoms with E-state index in [-0.39, 0.29) is 20.0 Å². The van der Waals surface area contributed by atoms with Crippen LogP contribution < -0.4 is 4.48 Å². The zero-order valence-corrected chi connectivity index (χ0v) is 16.2. The van der Waals surface area contributed by atoms with Crippen molar-refractivity contribution in [3.8, 4) is 0 Å². The summed E-state index contributed by atoms with van der Waals surface area (Å²) < 4.78 is 82.6. The summed E-state index contributed by atoms with van der Waals surface area (Å²) in [6.07, 6.45) is 1.04. The summed E-state index contributed by atoms with van der Waals surface area (Å²) in [7, 11) is -4.28. The molecule has 1 aromatic carbocycles. The molecular formula is C12H15ClF3NO7S2. The minimum Gasteiger partial charge on any atom is -0.741 e. The van der Waals surface area contributed by atoms with Gasteiger partial charge < -0.3 is 9.66 Å². The van der Waals surface area contributed by atoms with Gasteiger partial charge in [0.15, 0.2) is 25.6 Å². The molecule has 0 spiro atoms. The lowest BCUT2D eigenvalue weighted by Crippen LogP contribution is -2.36. The molecule has 1 rings (SSSR count). The average molecular weight is 442 g/mol. The predicted octanol–water partition coefficient (Wildman–Crippen LogP) is 1.69. The molecule has 150 valence electrons. The van der Waals surface area contributed by atoms with Gasteiger partial charge in [-0.15, -0.1) is 0 Å². The maximum Gasteiger partial charge on any atom is 0.485 e. The summed E-state index contributed by atoms with van der Waals surface area (Å²) in [4.78, 5) is 11.0. The van der Waals surface area contributed by atoms with Crippen molar-refractivity contribution in [3.05, 3.63) is 22.7 Å². The number of aromatic carboxylic acids is 1. The Morgan fingerprint density at radius 3 is 1.77 bits per heavy atom. The van der Waals surface area contributed by atoms with E-state index in [4.69, 9.17) is 29.7 Å². The van der Waals surface area contributed by atoms with Crippen LogP contribution in [-0.2, 0) is 20.0 Å². The Bertz CT molecular complexity index is 904. The summed E-state index contributed by atoms with van der Waals surface area (Å²) in [6, 6.07) is 2.50. The molecule has 0 fully saturated rings. The smallest absolute Gasteiger partial charge is 0.485 e. The number of benzene rings is 1. The second-order valence-corrected chi connectivity index (χ2v) is 9.55. The van der Waals surface area contributed by atoms with Gasteiger partial charge in [0.1, 0.15) is 4.90 Å². The first-order valence-electron chi connectivity index (χ1n) is 6.30. The molecule has 1 N–H and O–H groups in total. The number of alkyl halides is 3. The third kappa shape index (κ3) is 6.72. The van der Waals surface area contributed by atoms with E-state index < -0.39 is 31.4 Å². The molecule has 0 aromatic heterocycles. The fourth-order valence-electron chi connectivity index (χ4n) is 1.53. The van der Waals surface area contributed by atoms with E-state index in [0.29, 0.717) is 5.69 Å². The molecule has 0 atom stereocenters. The average Bonchev–Trinajstić information content (AvgIpc) is 2.33. The van der Waals surface area contributed by atoms with Crippen molar-refractivity contribution in [1.29, 1.82) is 0 Å². The summed E-state index contributed by atoms with van der Waals surface area (Å²) in [5.74, 6) is -1.25. The first kappa shape index (κ1) is 24.6. The van der Waals surface area contributed by atoms with Gasteiger partial charge >= 0.3 is 11.5 Å². The summed E-state index contributed by atoms with van der Waals surface area (Å²) in [5, 5.41) is 8.99. The standard InChI is InChI=1S/C11H14ClNO4S.CHF3O3S/c1-13(2,3)9-6-8(12)7(11(14)15)5-10(9)18(4,16)17;2-1(3,4)8(5,6)7/h5-6H,1-4H3;(H,5,6,7). The van der Waals surface area contributed by atoms with Crippen LogP contribution in [0.3, 0.4) is 0 Å². The highest BCUT2D eigenvalue weighted by Gasteiger charge is 2.37. The number of carbonyl (C=O) groups is 1. The zero-order chi connectivity index (χ0) is 21.3. The van der Waals surface area contributed by atoms with Gasteiger partial charge in [-0.05, 0) is 6.07 Å². The van der Waals surface area contributed by atoms with Crippen molar-refractivity contribution in [2.24, 2.45) is 0 Å². The molecule has 0 aliphatic carbocycles. The molecule has 1 aromatic rings. The molecular weight excluding hydrogens is 427 g/mol. The maximum atomic E-state index is 11.7. The number of rotatable bonds is 3. The molecule has 0 saturated carbocycles. The number of halogens is 4. The van der Waals surface area contributed by atoms with Crippen LogP contribution in [0.5, 0.6) is 0 Å². The number of nitrogens with zero attached hydrogens (tertiary/aromatic N) is 1. The van der Waals surface area contributed by atoms with Crippen LogP contribution >= 0.6 is 11.6 Å². The van der Waals surface area contributed by atoms with E-state index in [1.807, 2.05) is 0 Å². The molecule has 0 bridgehead atoms. The van der Waals surface area contributed by atoms with Gasteiger partial charge in [0.25, 0.3) is 0 Å². The van der Waals surface area contributed by atoms with Crippen molar-refractivity contribution < 1.29 is 44.5 Å². The summed E-state index contributed by atoms with van der Waals surface area (Å²) >= 11 is 5.87. The van der Waals surface area contributed by atoms with Crippen LogP contribution in [0.15, 0.2) is 17.0 Å². The van der Waals surface area contributed by atoms with Crippen molar-refractivity contribution in [2.75, 3.05) is 27.4 Å². The van der Waals surface area contributed by atoms with Crippen molar-refractivity contribution in [3.63, 3.8) is 0 Å². The zero-order valence-electron chi connectivity index (χ0n) is 13.8. The van der Waals surface area contributed by atoms with Gasteiger partial charge in [-0.1, -0.05) is 11.6 Å². The van der Waals surface area contributed by atoms with E-state index in [0.717, 1.165) is 12.3 Å². The highest BCUT2D eigenvalue weighted by atomic mass is 35.5. The Morgan fingerprint density at radius 2 is 1.54 bits per heavy atom. The van der Waals surface area contributed by atoms with E-state index in [1.165, 1.54) is 6.07 Å². The number of hydrogen-bond acceptors (Lipinski definition) is 6. The fourth-order valence-corrected chi connectivity index (χ4v) is 2.81. The first-order chi connectivity index (χ1) is 11.2. The lowest BCUT2D eigenvalue weighted by molar-refractivity contribution is -0.0517. The maximum absolute atomic E-state index is 11.7. The van der Waals surface area contributed by atoms with Crippen molar-refractivity contribution in [1.82, 2.24) is 4.48 Å². The van der Waals surface area contributed by atoms with Crippen LogP contribution in [-0.4, -0.2) is 65.4 Å². The lowest BCUT2D eigenvalue weighted by Gasteiger charge is -2.26. The molecule has 0 radical (unpaired) electrons. The van der Waals surface area contributed by atoms with Gasteiger partial charge in [0.2, 0.25) is 0 Å². The number of carboxylic acid groups (broad SMARTS) is 1. The van der Waals surface area contributed by atoms with Crippen molar-refractivity contribution in [2.45, 2.75) is 10.4 Å². The van der Waals surface area contributed by atoms with E-state index >= 15 is 0 Å². The molecule has 14 heteroatoms. The summed E-state index contributed by atoms with van der Waals surface area (Å²) in [5.41, 5.74) is -5.41. The van der Waals surface area contributed by atoms with Gasteiger partial charge in [0.05, 0.1) is 31.7 Å². The first-order valence-corrected chi connectivity index (χ1v) is 9.98. The van der Waals surface area contributed by atoms with Gasteiger partial charge in [-0.25, -0.2) is 21.6 Å². The summed E-state index contributed by atoms with van der Waals surface area (Å²) in [6.45, 7) is 0. The van der Waals surface area contributed by atoms with E-state index in [2.05, 4.69) is 0 Å². The molecule has 0 unspecified atom stereocenters. The topological polar surface area (TPSA) is 129 Å². The number of carboxylic acids is 1. The molecule has 0 aliphatic heterocycles. The van der Waals surface area contributed by atoms with Gasteiger partial charge in [0, 0.05) is 12.3 Å². The quantitative estimate of drug-likeness (QED) is 0.429. The minimum absolute atomic E-state index is 0.0169. The molecule has 8 nitrogen and oxygen atoms in total. The third-order valence-electron chi connectivity index (χ3n) is 2.68. The van der Waals surface area contributed by atoms with Crippen molar-refractivity contribution >= 4 is 43.2 Å². The lowest BCUT2D eigenvalue weighted by atomic mass is 10.2. The predicted molar refractivity (Wildman–Crippen MR) is 86.8 cm³/mol. The monoisotopic (exact) mass is 441 g/mol. The number of sulfone groups is 1. The van der Waals surface area contributed by atoms with Gasteiger partial charge in [-0.3, -0.25) is 4.48 Å². The Balaban J connectivity index is 0.000000660. The minimum atomic E-state index is -6.09. The SMILES string of the molecule is C[N+](C)(C)c1cc(Cl)c(C(=O)O)cc1S(C)(=O)=O.O=S(=O)([O-])C(F)(F)F. The Labute approximate surface area is 153 Å². The second kappa shape index (κ2) is 7.68. The normalized spacial score (nSPS) is 13.0. The number of hydrogen-bond donors (Lipinski definition) is 1. The van der Waals surface area contributed by atoms with Crippen LogP contribution in [0.1, 0.15) is 10.4 Å².